The minimum atomic E-state index is -1.98. The molecule has 2 saturated carbocycles. The molecule has 12 rings (SSSR count). The second kappa shape index (κ2) is 28.3. The Bertz CT molecular complexity index is 3590. The van der Waals surface area contributed by atoms with Crippen molar-refractivity contribution in [1.82, 2.24) is 0 Å². The topological polar surface area (TPSA) is 256 Å². The summed E-state index contributed by atoms with van der Waals surface area (Å²) in [5.74, 6) is 3.10. The summed E-state index contributed by atoms with van der Waals surface area (Å²) in [6, 6.07) is 15.0. The van der Waals surface area contributed by atoms with E-state index in [0.717, 1.165) is 147 Å². The molecular formula is C81H114O15. The summed E-state index contributed by atoms with van der Waals surface area (Å²) in [6.45, 7) is 33.5. The van der Waals surface area contributed by atoms with Crippen LogP contribution in [0.5, 0.6) is 46.0 Å². The van der Waals surface area contributed by atoms with Gasteiger partial charge in [-0.3, -0.25) is 4.79 Å². The zero-order valence-electron chi connectivity index (χ0n) is 60.2. The van der Waals surface area contributed by atoms with Gasteiger partial charge in [-0.15, -0.1) is 0 Å². The van der Waals surface area contributed by atoms with Crippen LogP contribution in [-0.2, 0) is 36.1 Å². The van der Waals surface area contributed by atoms with Crippen molar-refractivity contribution in [3.63, 3.8) is 0 Å². The fraction of sp³-hybridized carbons (Fsp3) is 0.617. The highest BCUT2D eigenvalue weighted by atomic mass is 16.5. The summed E-state index contributed by atoms with van der Waals surface area (Å²) < 4.78 is 24.6. The molecule has 4 aliphatic carbocycles. The van der Waals surface area contributed by atoms with Gasteiger partial charge in [0.1, 0.15) is 68.9 Å². The molecule has 15 heteroatoms. The average Bonchev–Trinajstić information content (AvgIpc) is 0.885. The Morgan fingerprint density at radius 3 is 1.68 bits per heavy atom. The lowest BCUT2D eigenvalue weighted by atomic mass is 9.60. The number of aliphatic hydroxyl groups is 6. The maximum absolute atomic E-state index is 12.8. The molecule has 0 saturated heterocycles. The van der Waals surface area contributed by atoms with Gasteiger partial charge in [0.2, 0.25) is 0 Å². The van der Waals surface area contributed by atoms with Crippen molar-refractivity contribution in [3.8, 4) is 46.0 Å². The molecule has 2 fully saturated rings. The van der Waals surface area contributed by atoms with E-state index >= 15 is 0 Å². The number of Topliss-reactive ketones (excluding diaryl/α,β-unsaturated/α-hetero) is 1. The van der Waals surface area contributed by atoms with Crippen LogP contribution >= 0.6 is 0 Å². The van der Waals surface area contributed by atoms with E-state index in [9.17, 15) is 55.9 Å². The van der Waals surface area contributed by atoms with Gasteiger partial charge in [-0.2, -0.15) is 0 Å². The predicted molar refractivity (Wildman–Crippen MR) is 377 cm³/mol. The Kier molecular flexibility index (Phi) is 21.8. The van der Waals surface area contributed by atoms with Gasteiger partial charge in [-0.1, -0.05) is 84.4 Å². The number of ketones is 1. The Balaban J connectivity index is 0.000000150. The summed E-state index contributed by atoms with van der Waals surface area (Å²) in [5.41, 5.74) is 1.89. The summed E-state index contributed by atoms with van der Waals surface area (Å²) in [6.07, 6.45) is 17.3. The number of carbonyl (C=O) groups excluding carboxylic acids is 1. The summed E-state index contributed by atoms with van der Waals surface area (Å²) in [4.78, 5) is 12.8. The Morgan fingerprint density at radius 2 is 1.10 bits per heavy atom. The Morgan fingerprint density at radius 1 is 0.594 bits per heavy atom. The van der Waals surface area contributed by atoms with Gasteiger partial charge in [-0.05, 0) is 254 Å². The van der Waals surface area contributed by atoms with Gasteiger partial charge < -0.3 is 70.0 Å². The van der Waals surface area contributed by atoms with Crippen molar-refractivity contribution in [1.29, 1.82) is 0 Å². The molecule has 4 heterocycles. The number of allylic oxidation sites excluding steroid dienone is 2. The van der Waals surface area contributed by atoms with Crippen LogP contribution in [0.1, 0.15) is 263 Å². The third kappa shape index (κ3) is 14.0. The van der Waals surface area contributed by atoms with E-state index < -0.39 is 51.4 Å². The Hall–Kier alpha value is -6.07. The number of aliphatic hydroxyl groups excluding tert-OH is 2. The summed E-state index contributed by atoms with van der Waals surface area (Å²) in [5, 5.41) is 108. The molecule has 0 aromatic heterocycles. The molecule has 4 aliphatic heterocycles. The van der Waals surface area contributed by atoms with E-state index in [2.05, 4.69) is 40.3 Å². The minimum absolute atomic E-state index is 0.00839. The molecule has 0 radical (unpaired) electrons. The van der Waals surface area contributed by atoms with E-state index in [4.69, 9.17) is 18.9 Å². The molecule has 8 aliphatic rings. The third-order valence-electron chi connectivity index (χ3n) is 22.6. The molecule has 0 spiro atoms. The van der Waals surface area contributed by atoms with Gasteiger partial charge >= 0.3 is 0 Å². The lowest BCUT2D eigenvalue weighted by Crippen LogP contribution is -2.74. The highest BCUT2D eigenvalue weighted by Crippen LogP contribution is 2.61. The number of hydrogen-bond acceptors (Lipinski definition) is 15. The number of benzene rings is 4. The van der Waals surface area contributed by atoms with E-state index in [1.54, 1.807) is 45.9 Å². The Labute approximate surface area is 571 Å². The molecular weight excluding hydrogens is 1210 g/mol. The van der Waals surface area contributed by atoms with Gasteiger partial charge in [0, 0.05) is 40.4 Å². The number of aryl methyl sites for hydroxylation is 4. The first-order valence-electron chi connectivity index (χ1n) is 36.0. The zero-order valence-corrected chi connectivity index (χ0v) is 60.2. The maximum atomic E-state index is 12.8. The number of aromatic hydroxyl groups is 4. The smallest absolute Gasteiger partial charge is 0.166 e. The SMILES string of the molecule is C=C(C)[C@@H]1CC[C@](C)(O)[C@H]2Oc3cc(CCCCC)cc(O)c3[C@@H]12.CCCCc1cc(O)c2c(c1)OC(C)(C)C1(O)C(O)CC(C)=CC21O.CCCCc1cc(O)c2c(c1)OC(C)(C)C1=C2C(=O)C(C)CC1.CCCCc1cc(O)c2c(c1)OC(C)(C)[C@@H]1CC[C@](C)(O)[C@@H](O)[C@@H]21. The van der Waals surface area contributed by atoms with Crippen LogP contribution in [0.15, 0.2) is 77.9 Å². The number of phenolic OH excluding ortho intramolecular Hbond substituents is 4. The van der Waals surface area contributed by atoms with E-state index in [-0.39, 0.29) is 70.7 Å². The van der Waals surface area contributed by atoms with Crippen molar-refractivity contribution >= 4 is 11.4 Å². The van der Waals surface area contributed by atoms with Crippen LogP contribution < -0.4 is 18.9 Å². The summed E-state index contributed by atoms with van der Waals surface area (Å²) >= 11 is 0. The van der Waals surface area contributed by atoms with Crippen molar-refractivity contribution in [2.75, 3.05) is 0 Å². The molecule has 4 unspecified atom stereocenters. The first-order chi connectivity index (χ1) is 44.9. The van der Waals surface area contributed by atoms with E-state index in [0.29, 0.717) is 52.5 Å². The van der Waals surface area contributed by atoms with Gasteiger partial charge in [0.05, 0.1) is 34.5 Å². The molecule has 15 nitrogen and oxygen atoms in total. The van der Waals surface area contributed by atoms with Gasteiger partial charge in [0.15, 0.2) is 17.0 Å². The number of hydrogen-bond donors (Lipinski definition) is 10. The van der Waals surface area contributed by atoms with E-state index in [1.807, 2.05) is 72.7 Å². The summed E-state index contributed by atoms with van der Waals surface area (Å²) in [7, 11) is 0. The van der Waals surface area contributed by atoms with Gasteiger partial charge in [0.25, 0.3) is 0 Å². The fourth-order valence-corrected chi connectivity index (χ4v) is 17.0. The zero-order chi connectivity index (χ0) is 70.6. The molecule has 96 heavy (non-hydrogen) atoms. The van der Waals surface area contributed by atoms with Crippen LogP contribution in [0.25, 0.3) is 5.57 Å². The maximum Gasteiger partial charge on any atom is 0.166 e. The first kappa shape index (κ1) is 74.2. The lowest BCUT2D eigenvalue weighted by Gasteiger charge is -2.58. The second-order valence-electron chi connectivity index (χ2n) is 31.5. The number of unbranched alkanes of at least 4 members (excludes halogenated alkanes) is 5. The normalized spacial score (nSPS) is 30.3. The predicted octanol–water partition coefficient (Wildman–Crippen LogP) is 15.4. The molecule has 528 valence electrons. The second-order valence-corrected chi connectivity index (χ2v) is 31.5. The molecule has 0 amide bonds. The van der Waals surface area contributed by atoms with Crippen molar-refractivity contribution in [2.24, 2.45) is 17.8 Å². The third-order valence-corrected chi connectivity index (χ3v) is 22.6. The van der Waals surface area contributed by atoms with Crippen LogP contribution in [0, 0.1) is 17.8 Å². The van der Waals surface area contributed by atoms with Crippen LogP contribution in [-0.4, -0.2) is 109 Å². The molecule has 12 atom stereocenters. The standard InChI is InChI=1S/C21H30O3.C20H28O5.C20H30O4.C20H26O3/c1-5-6-7-8-14-11-16(22)19-17(12-14)24-20-18(19)15(13(2)3)9-10-21(20,4)23;1-5-6-7-13-9-14(21)17-15(10-13)25-18(3,4)20(24)16(22)8-12(2)11-19(17,20)23;1-5-6-7-12-10-14(21)17-15(11-12)24-19(2,3)13-8-9-20(4,23)18(22)16(13)17;1-5-6-7-13-10-15(21)18-16(11-13)23-20(3,4)14-9-8-12(2)19(22)17(14)18/h11-12,15,18,20,22-23H,2,5-10H2,1,3-4H3;9-11,16,21-24H,5-8H2,1-4H3;10-11,13,16,18,21-23H,5-9H2,1-4H3;10-12,21H,5-9H2,1-4H3/t15-,18+,20-,21-;;13-,16-,18+,20+;/m0.1./s1. The number of carbonyl (C=O) groups is 1. The monoisotopic (exact) mass is 1330 g/mol. The quantitative estimate of drug-likeness (QED) is 0.0416. The van der Waals surface area contributed by atoms with Gasteiger partial charge in [-0.25, -0.2) is 0 Å². The largest absolute Gasteiger partial charge is 0.508 e. The fourth-order valence-electron chi connectivity index (χ4n) is 17.0. The molecule has 0 bridgehead atoms. The molecule has 4 aromatic carbocycles. The average molecular weight is 1330 g/mol. The molecule has 10 N–H and O–H groups in total. The van der Waals surface area contributed by atoms with Crippen LogP contribution in [0.3, 0.4) is 0 Å². The highest BCUT2D eigenvalue weighted by Gasteiger charge is 2.69. The van der Waals surface area contributed by atoms with Crippen LogP contribution in [0.2, 0.25) is 0 Å². The van der Waals surface area contributed by atoms with Crippen molar-refractivity contribution in [2.45, 2.75) is 302 Å². The number of fused-ring (bicyclic) bond motifs is 11. The lowest BCUT2D eigenvalue weighted by molar-refractivity contribution is -0.272. The van der Waals surface area contributed by atoms with Crippen LogP contribution in [0.4, 0.5) is 0 Å². The van der Waals surface area contributed by atoms with E-state index in [1.165, 1.54) is 18.9 Å². The number of phenols is 4. The first-order valence-corrected chi connectivity index (χ1v) is 36.0. The minimum Gasteiger partial charge on any atom is -0.508 e. The van der Waals surface area contributed by atoms with Crippen molar-refractivity contribution in [3.05, 3.63) is 122 Å². The number of rotatable bonds is 14. The highest BCUT2D eigenvalue weighted by molar-refractivity contribution is 6.25. The number of ether oxygens (including phenoxy) is 4. The molecule has 4 aromatic rings. The van der Waals surface area contributed by atoms with Crippen molar-refractivity contribution < 1.29 is 74.8 Å².